The zero-order chi connectivity index (χ0) is 9.72. The molecule has 0 spiro atoms. The van der Waals surface area contributed by atoms with Crippen LogP contribution in [0.4, 0.5) is 0 Å². The van der Waals surface area contributed by atoms with Crippen LogP contribution in [-0.4, -0.2) is 12.1 Å². The van der Waals surface area contributed by atoms with Crippen LogP contribution in [0.3, 0.4) is 0 Å². The minimum atomic E-state index is -0.210. The molecule has 2 nitrogen and oxygen atoms in total. The molecule has 12 heavy (non-hydrogen) atoms. The first-order valence-corrected chi connectivity index (χ1v) is 4.33. The highest BCUT2D eigenvalue weighted by Gasteiger charge is 2.13. The fourth-order valence-corrected chi connectivity index (χ4v) is 0.516. The normalized spacial score (nSPS) is 14.7. The molecule has 0 rings (SSSR count). The van der Waals surface area contributed by atoms with Gasteiger partial charge in [0.2, 0.25) is 0 Å². The zero-order valence-corrected chi connectivity index (χ0v) is 8.55. The van der Waals surface area contributed by atoms with Gasteiger partial charge in [0.25, 0.3) is 0 Å². The number of allylic oxidation sites excluding steroid dienone is 1. The van der Waals surface area contributed by atoms with E-state index in [1.54, 1.807) is 13.0 Å². The molecule has 0 heterocycles. The van der Waals surface area contributed by atoms with Crippen LogP contribution in [0.25, 0.3) is 0 Å². The number of hydrogen-bond donors (Lipinski definition) is 0. The molecule has 0 aromatic rings. The van der Waals surface area contributed by atoms with Crippen LogP contribution in [0.2, 0.25) is 0 Å². The second kappa shape index (κ2) is 4.96. The predicted octanol–water partition coefficient (Wildman–Crippen LogP) is 2.54. The van der Waals surface area contributed by atoms with Crippen molar-refractivity contribution < 1.29 is 9.53 Å². The van der Waals surface area contributed by atoms with Crippen molar-refractivity contribution in [2.24, 2.45) is 5.92 Å². The van der Waals surface area contributed by atoms with Gasteiger partial charge in [-0.2, -0.15) is 0 Å². The van der Waals surface area contributed by atoms with Gasteiger partial charge in [-0.15, -0.1) is 0 Å². The van der Waals surface area contributed by atoms with E-state index in [1.165, 1.54) is 0 Å². The van der Waals surface area contributed by atoms with E-state index >= 15 is 0 Å². The van der Waals surface area contributed by atoms with Crippen molar-refractivity contribution in [1.82, 2.24) is 0 Å². The molecule has 70 valence electrons. The van der Waals surface area contributed by atoms with Crippen molar-refractivity contribution in [2.45, 2.75) is 40.7 Å². The van der Waals surface area contributed by atoms with Gasteiger partial charge in [0.15, 0.2) is 0 Å². The summed E-state index contributed by atoms with van der Waals surface area (Å²) in [5, 5.41) is 0. The fraction of sp³-hybridized carbons (Fsp3) is 0.700. The highest BCUT2D eigenvalue weighted by atomic mass is 16.5. The number of ether oxygens (including phenoxy) is 1. The third-order valence-electron chi connectivity index (χ3n) is 1.99. The van der Waals surface area contributed by atoms with Gasteiger partial charge in [-0.05, 0) is 26.7 Å². The van der Waals surface area contributed by atoms with E-state index in [1.807, 2.05) is 27.7 Å². The maximum atomic E-state index is 11.2. The Bertz CT molecular complexity index is 180. The Morgan fingerprint density at radius 2 is 1.83 bits per heavy atom. The standard InChI is InChI=1S/C10H18O2/c1-6-8(4)10(11)12-9(5)7(2)3/h6-7,9H,1-5H3/b8-6-. The zero-order valence-electron chi connectivity index (χ0n) is 8.55. The highest BCUT2D eigenvalue weighted by molar-refractivity contribution is 5.87. The third kappa shape index (κ3) is 3.56. The molecule has 0 amide bonds. The largest absolute Gasteiger partial charge is 0.459 e. The minimum Gasteiger partial charge on any atom is -0.459 e. The summed E-state index contributed by atoms with van der Waals surface area (Å²) in [7, 11) is 0. The molecular weight excluding hydrogens is 152 g/mol. The lowest BCUT2D eigenvalue weighted by molar-refractivity contribution is -0.145. The maximum absolute atomic E-state index is 11.2. The first-order valence-electron chi connectivity index (χ1n) is 4.33. The Hall–Kier alpha value is -0.790. The maximum Gasteiger partial charge on any atom is 0.333 e. The lowest BCUT2D eigenvalue weighted by atomic mass is 10.1. The van der Waals surface area contributed by atoms with E-state index in [4.69, 9.17) is 4.74 Å². The van der Waals surface area contributed by atoms with Crippen LogP contribution >= 0.6 is 0 Å². The Morgan fingerprint density at radius 1 is 1.33 bits per heavy atom. The Kier molecular flexibility index (Phi) is 4.64. The Morgan fingerprint density at radius 3 is 2.17 bits per heavy atom. The van der Waals surface area contributed by atoms with Gasteiger partial charge in [0.05, 0.1) is 0 Å². The van der Waals surface area contributed by atoms with E-state index in [2.05, 4.69) is 0 Å². The number of carbonyl (C=O) groups excluding carboxylic acids is 1. The summed E-state index contributed by atoms with van der Waals surface area (Å²) in [6.07, 6.45) is 1.75. The molecule has 0 fully saturated rings. The number of rotatable bonds is 3. The summed E-state index contributed by atoms with van der Waals surface area (Å²) in [6.45, 7) is 9.56. The molecule has 0 radical (unpaired) electrons. The van der Waals surface area contributed by atoms with Crippen LogP contribution in [0.5, 0.6) is 0 Å². The van der Waals surface area contributed by atoms with Crippen molar-refractivity contribution >= 4 is 5.97 Å². The molecule has 0 aliphatic heterocycles. The van der Waals surface area contributed by atoms with Crippen molar-refractivity contribution in [3.05, 3.63) is 11.6 Å². The first-order chi connectivity index (χ1) is 5.49. The smallest absolute Gasteiger partial charge is 0.333 e. The summed E-state index contributed by atoms with van der Waals surface area (Å²) in [5.74, 6) is 0.164. The van der Waals surface area contributed by atoms with Gasteiger partial charge in [-0.3, -0.25) is 0 Å². The van der Waals surface area contributed by atoms with Crippen molar-refractivity contribution in [3.63, 3.8) is 0 Å². The SMILES string of the molecule is C/C=C(/C)C(=O)OC(C)C(C)C. The molecule has 0 N–H and O–H groups in total. The number of carbonyl (C=O) groups is 1. The lowest BCUT2D eigenvalue weighted by Gasteiger charge is -2.16. The Balaban J connectivity index is 4.02. The minimum absolute atomic E-state index is 0.00704. The van der Waals surface area contributed by atoms with E-state index < -0.39 is 0 Å². The van der Waals surface area contributed by atoms with E-state index in [0.717, 1.165) is 0 Å². The van der Waals surface area contributed by atoms with Gasteiger partial charge >= 0.3 is 5.97 Å². The summed E-state index contributed by atoms with van der Waals surface area (Å²) in [5.41, 5.74) is 0.669. The Labute approximate surface area is 74.6 Å². The molecule has 2 heteroatoms. The van der Waals surface area contributed by atoms with Crippen LogP contribution in [0, 0.1) is 5.92 Å². The average molecular weight is 170 g/mol. The molecule has 1 unspecified atom stereocenters. The number of esters is 1. The molecule has 0 bridgehead atoms. The second-order valence-electron chi connectivity index (χ2n) is 3.33. The van der Waals surface area contributed by atoms with E-state index in [0.29, 0.717) is 11.5 Å². The first kappa shape index (κ1) is 11.2. The molecule has 0 saturated carbocycles. The topological polar surface area (TPSA) is 26.3 Å². The van der Waals surface area contributed by atoms with E-state index in [-0.39, 0.29) is 12.1 Å². The molecule has 0 aromatic heterocycles. The molecule has 0 aromatic carbocycles. The monoisotopic (exact) mass is 170 g/mol. The fourth-order valence-electron chi connectivity index (χ4n) is 0.516. The second-order valence-corrected chi connectivity index (χ2v) is 3.33. The summed E-state index contributed by atoms with van der Waals surface area (Å²) >= 11 is 0. The van der Waals surface area contributed by atoms with Crippen LogP contribution < -0.4 is 0 Å². The predicted molar refractivity (Wildman–Crippen MR) is 49.8 cm³/mol. The van der Waals surface area contributed by atoms with Crippen LogP contribution in [-0.2, 0) is 9.53 Å². The molecule has 1 atom stereocenters. The number of hydrogen-bond acceptors (Lipinski definition) is 2. The third-order valence-corrected chi connectivity index (χ3v) is 1.99. The van der Waals surface area contributed by atoms with Gasteiger partial charge < -0.3 is 4.74 Å². The lowest BCUT2D eigenvalue weighted by Crippen LogP contribution is -2.20. The summed E-state index contributed by atoms with van der Waals surface area (Å²) in [4.78, 5) is 11.2. The average Bonchev–Trinajstić information content (AvgIpc) is 2.02. The summed E-state index contributed by atoms with van der Waals surface area (Å²) in [6, 6.07) is 0. The van der Waals surface area contributed by atoms with Crippen molar-refractivity contribution in [3.8, 4) is 0 Å². The van der Waals surface area contributed by atoms with Gasteiger partial charge in [-0.1, -0.05) is 19.9 Å². The van der Waals surface area contributed by atoms with Crippen LogP contribution in [0.1, 0.15) is 34.6 Å². The van der Waals surface area contributed by atoms with Gasteiger partial charge in [0.1, 0.15) is 6.10 Å². The molecular formula is C10H18O2. The summed E-state index contributed by atoms with van der Waals surface area (Å²) < 4.78 is 5.16. The van der Waals surface area contributed by atoms with Crippen molar-refractivity contribution in [1.29, 1.82) is 0 Å². The van der Waals surface area contributed by atoms with E-state index in [9.17, 15) is 4.79 Å². The molecule has 0 aliphatic carbocycles. The van der Waals surface area contributed by atoms with Crippen molar-refractivity contribution in [2.75, 3.05) is 0 Å². The quantitative estimate of drug-likeness (QED) is 0.480. The van der Waals surface area contributed by atoms with Gasteiger partial charge in [0, 0.05) is 5.57 Å². The van der Waals surface area contributed by atoms with Crippen LogP contribution in [0.15, 0.2) is 11.6 Å². The molecule has 0 saturated heterocycles. The molecule has 0 aliphatic rings. The highest BCUT2D eigenvalue weighted by Crippen LogP contribution is 2.08. The van der Waals surface area contributed by atoms with Gasteiger partial charge in [-0.25, -0.2) is 4.79 Å².